The minimum absolute atomic E-state index is 0.0900. The maximum Gasteiger partial charge on any atom is 0.251 e. The van der Waals surface area contributed by atoms with Crippen LogP contribution in [-0.4, -0.2) is 22.1 Å². The van der Waals surface area contributed by atoms with Gasteiger partial charge in [-0.15, -0.1) is 10.2 Å². The number of amides is 1. The van der Waals surface area contributed by atoms with Gasteiger partial charge in [-0.25, -0.2) is 4.39 Å². The first kappa shape index (κ1) is 17.5. The first-order chi connectivity index (χ1) is 12.5. The van der Waals surface area contributed by atoms with Gasteiger partial charge in [0.15, 0.2) is 5.82 Å². The average molecular weight is 350 g/mol. The highest BCUT2D eigenvalue weighted by Gasteiger charge is 2.07. The van der Waals surface area contributed by atoms with E-state index in [4.69, 9.17) is 0 Å². The van der Waals surface area contributed by atoms with Crippen LogP contribution in [0.1, 0.15) is 24.2 Å². The molecule has 0 atom stereocenters. The zero-order chi connectivity index (χ0) is 18.5. The summed E-state index contributed by atoms with van der Waals surface area (Å²) in [7, 11) is 0. The second-order valence-electron chi connectivity index (χ2n) is 6.14. The molecule has 2 N–H and O–H groups in total. The third-order valence-corrected chi connectivity index (χ3v) is 3.62. The number of hydrogen-bond donors (Lipinski definition) is 2. The van der Waals surface area contributed by atoms with E-state index in [2.05, 4.69) is 20.8 Å². The SMILES string of the molecule is CC(C)NC(=O)c1ccc(Nc2ccc(-c3cccc(F)c3)nn2)cc1. The van der Waals surface area contributed by atoms with Gasteiger partial charge in [0, 0.05) is 22.9 Å². The molecule has 1 heterocycles. The smallest absolute Gasteiger partial charge is 0.251 e. The fourth-order valence-corrected chi connectivity index (χ4v) is 2.40. The summed E-state index contributed by atoms with van der Waals surface area (Å²) in [6.07, 6.45) is 0. The lowest BCUT2D eigenvalue weighted by Crippen LogP contribution is -2.29. The maximum absolute atomic E-state index is 13.3. The lowest BCUT2D eigenvalue weighted by atomic mass is 10.1. The van der Waals surface area contributed by atoms with E-state index in [-0.39, 0.29) is 17.8 Å². The molecule has 6 heteroatoms. The van der Waals surface area contributed by atoms with Crippen molar-refractivity contribution < 1.29 is 9.18 Å². The Morgan fingerprint density at radius 2 is 1.77 bits per heavy atom. The van der Waals surface area contributed by atoms with Gasteiger partial charge in [-0.05, 0) is 62.4 Å². The Labute approximate surface area is 151 Å². The summed E-state index contributed by atoms with van der Waals surface area (Å²) >= 11 is 0. The fourth-order valence-electron chi connectivity index (χ4n) is 2.40. The molecule has 3 aromatic rings. The van der Waals surface area contributed by atoms with Crippen LogP contribution >= 0.6 is 0 Å². The topological polar surface area (TPSA) is 66.9 Å². The van der Waals surface area contributed by atoms with Crippen molar-refractivity contribution in [2.75, 3.05) is 5.32 Å². The molecule has 0 bridgehead atoms. The van der Waals surface area contributed by atoms with Gasteiger partial charge in [-0.3, -0.25) is 4.79 Å². The van der Waals surface area contributed by atoms with Crippen LogP contribution in [0.5, 0.6) is 0 Å². The predicted octanol–water partition coefficient (Wildman–Crippen LogP) is 4.16. The number of nitrogens with zero attached hydrogens (tertiary/aromatic N) is 2. The number of carbonyl (C=O) groups is 1. The molecule has 0 spiro atoms. The fraction of sp³-hybridized carbons (Fsp3) is 0.150. The summed E-state index contributed by atoms with van der Waals surface area (Å²) < 4.78 is 13.3. The summed E-state index contributed by atoms with van der Waals surface area (Å²) in [6, 6.07) is 16.9. The van der Waals surface area contributed by atoms with E-state index in [9.17, 15) is 9.18 Å². The van der Waals surface area contributed by atoms with E-state index in [1.807, 2.05) is 13.8 Å². The minimum atomic E-state index is -0.312. The highest BCUT2D eigenvalue weighted by Crippen LogP contribution is 2.20. The van der Waals surface area contributed by atoms with E-state index in [1.54, 1.807) is 48.5 Å². The number of anilines is 2. The van der Waals surface area contributed by atoms with E-state index >= 15 is 0 Å². The molecule has 0 unspecified atom stereocenters. The molecule has 26 heavy (non-hydrogen) atoms. The van der Waals surface area contributed by atoms with Gasteiger partial charge in [-0.2, -0.15) is 0 Å². The lowest BCUT2D eigenvalue weighted by Gasteiger charge is -2.09. The Morgan fingerprint density at radius 3 is 2.38 bits per heavy atom. The summed E-state index contributed by atoms with van der Waals surface area (Å²) in [5.74, 6) is 0.142. The van der Waals surface area contributed by atoms with Crippen LogP contribution in [0.25, 0.3) is 11.3 Å². The van der Waals surface area contributed by atoms with E-state index in [0.717, 1.165) is 5.69 Å². The van der Waals surface area contributed by atoms with Gasteiger partial charge in [0.1, 0.15) is 5.82 Å². The summed E-state index contributed by atoms with van der Waals surface area (Å²) in [6.45, 7) is 3.83. The van der Waals surface area contributed by atoms with Crippen LogP contribution in [0.4, 0.5) is 15.9 Å². The highest BCUT2D eigenvalue weighted by atomic mass is 19.1. The first-order valence-corrected chi connectivity index (χ1v) is 8.29. The van der Waals surface area contributed by atoms with Crippen molar-refractivity contribution in [3.8, 4) is 11.3 Å². The number of carbonyl (C=O) groups excluding carboxylic acids is 1. The Bertz CT molecular complexity index is 892. The van der Waals surface area contributed by atoms with Gasteiger partial charge in [0.2, 0.25) is 0 Å². The average Bonchev–Trinajstić information content (AvgIpc) is 2.62. The van der Waals surface area contributed by atoms with Crippen molar-refractivity contribution in [2.24, 2.45) is 0 Å². The molecule has 0 aliphatic carbocycles. The minimum Gasteiger partial charge on any atom is -0.350 e. The van der Waals surface area contributed by atoms with Gasteiger partial charge < -0.3 is 10.6 Å². The van der Waals surface area contributed by atoms with Crippen molar-refractivity contribution in [2.45, 2.75) is 19.9 Å². The quantitative estimate of drug-likeness (QED) is 0.725. The maximum atomic E-state index is 13.3. The van der Waals surface area contributed by atoms with Gasteiger partial charge >= 0.3 is 0 Å². The van der Waals surface area contributed by atoms with Gasteiger partial charge in [0.05, 0.1) is 5.69 Å². The molecular formula is C20H19FN4O. The van der Waals surface area contributed by atoms with Crippen molar-refractivity contribution in [3.63, 3.8) is 0 Å². The monoisotopic (exact) mass is 350 g/mol. The predicted molar refractivity (Wildman–Crippen MR) is 99.8 cm³/mol. The van der Waals surface area contributed by atoms with Gasteiger partial charge in [-0.1, -0.05) is 12.1 Å². The molecule has 2 aromatic carbocycles. The Balaban J connectivity index is 1.68. The normalized spacial score (nSPS) is 10.6. The van der Waals surface area contributed by atoms with Gasteiger partial charge in [0.25, 0.3) is 5.91 Å². The second-order valence-corrected chi connectivity index (χ2v) is 6.14. The largest absolute Gasteiger partial charge is 0.350 e. The number of halogens is 1. The second kappa shape index (κ2) is 7.74. The Kier molecular flexibility index (Phi) is 5.22. The van der Waals surface area contributed by atoms with E-state index in [0.29, 0.717) is 22.6 Å². The zero-order valence-corrected chi connectivity index (χ0v) is 14.5. The third-order valence-electron chi connectivity index (χ3n) is 3.62. The molecule has 0 aliphatic heterocycles. The zero-order valence-electron chi connectivity index (χ0n) is 14.5. The van der Waals surface area contributed by atoms with Crippen LogP contribution in [-0.2, 0) is 0 Å². The molecule has 0 saturated heterocycles. The summed E-state index contributed by atoms with van der Waals surface area (Å²) in [5.41, 5.74) is 2.65. The van der Waals surface area contributed by atoms with Crippen LogP contribution in [0.3, 0.4) is 0 Å². The third kappa shape index (κ3) is 4.42. The molecule has 0 fully saturated rings. The lowest BCUT2D eigenvalue weighted by molar-refractivity contribution is 0.0943. The molecule has 0 saturated carbocycles. The molecule has 5 nitrogen and oxygen atoms in total. The van der Waals surface area contributed by atoms with Crippen molar-refractivity contribution in [3.05, 3.63) is 72.0 Å². The molecule has 3 rings (SSSR count). The molecule has 0 radical (unpaired) electrons. The molecule has 0 aliphatic rings. The van der Waals surface area contributed by atoms with E-state index < -0.39 is 0 Å². The first-order valence-electron chi connectivity index (χ1n) is 8.29. The summed E-state index contributed by atoms with van der Waals surface area (Å²) in [5, 5.41) is 14.2. The molecule has 132 valence electrons. The van der Waals surface area contributed by atoms with Crippen LogP contribution in [0.15, 0.2) is 60.7 Å². The number of rotatable bonds is 5. The van der Waals surface area contributed by atoms with Crippen molar-refractivity contribution >= 4 is 17.4 Å². The number of nitrogens with one attached hydrogen (secondary N) is 2. The standard InChI is InChI=1S/C20H19FN4O/c1-13(2)22-20(26)14-6-8-17(9-7-14)23-19-11-10-18(24-25-19)15-4-3-5-16(21)12-15/h3-13H,1-2H3,(H,22,26)(H,23,25). The molecular weight excluding hydrogens is 331 g/mol. The number of benzene rings is 2. The van der Waals surface area contributed by atoms with Crippen molar-refractivity contribution in [1.29, 1.82) is 0 Å². The summed E-state index contributed by atoms with van der Waals surface area (Å²) in [4.78, 5) is 11.9. The van der Waals surface area contributed by atoms with Crippen LogP contribution in [0.2, 0.25) is 0 Å². The Hall–Kier alpha value is -3.28. The van der Waals surface area contributed by atoms with E-state index in [1.165, 1.54) is 12.1 Å². The number of aromatic nitrogens is 2. The number of hydrogen-bond acceptors (Lipinski definition) is 4. The molecule has 1 amide bonds. The van der Waals surface area contributed by atoms with Crippen LogP contribution < -0.4 is 10.6 Å². The van der Waals surface area contributed by atoms with Crippen LogP contribution in [0, 0.1) is 5.82 Å². The molecule has 1 aromatic heterocycles. The highest BCUT2D eigenvalue weighted by molar-refractivity contribution is 5.94. The Morgan fingerprint density at radius 1 is 1.00 bits per heavy atom. The van der Waals surface area contributed by atoms with Crippen molar-refractivity contribution in [1.82, 2.24) is 15.5 Å².